The minimum atomic E-state index is -0.0866. The summed E-state index contributed by atoms with van der Waals surface area (Å²) in [6.07, 6.45) is 3.12. The van der Waals surface area contributed by atoms with Crippen molar-refractivity contribution in [3.05, 3.63) is 105 Å². The maximum absolute atomic E-state index is 10.5. The lowest BCUT2D eigenvalue weighted by Gasteiger charge is -2.30. The molecule has 0 amide bonds. The molecule has 4 N–H and O–H groups in total. The third-order valence-electron chi connectivity index (χ3n) is 5.31. The van der Waals surface area contributed by atoms with Gasteiger partial charge in [0.05, 0.1) is 5.56 Å². The van der Waals surface area contributed by atoms with E-state index in [0.29, 0.717) is 10.0 Å². The second-order valence-corrected chi connectivity index (χ2v) is 8.10. The first-order valence-electron chi connectivity index (χ1n) is 9.70. The minimum absolute atomic E-state index is 0.0264. The number of nitrogens with two attached hydrogens (primary N) is 1. The molecule has 0 saturated carbocycles. The summed E-state index contributed by atoms with van der Waals surface area (Å²) >= 11 is 12.3. The fourth-order valence-electron chi connectivity index (χ4n) is 3.66. The summed E-state index contributed by atoms with van der Waals surface area (Å²) in [5.74, 6) is 0.240. The highest BCUT2D eigenvalue weighted by Crippen LogP contribution is 2.31. The topological polar surface area (TPSA) is 48.9 Å². The third-order valence-corrected chi connectivity index (χ3v) is 5.80. The molecule has 4 rings (SSSR count). The summed E-state index contributed by atoms with van der Waals surface area (Å²) in [6.45, 7) is 2.15. The van der Waals surface area contributed by atoms with Crippen molar-refractivity contribution in [2.24, 2.45) is 0 Å². The summed E-state index contributed by atoms with van der Waals surface area (Å²) in [6, 6.07) is 21.5. The lowest BCUT2D eigenvalue weighted by atomic mass is 9.97. The van der Waals surface area contributed by atoms with Gasteiger partial charge >= 0.3 is 0 Å². The van der Waals surface area contributed by atoms with Crippen LogP contribution < -0.4 is 10.6 Å². The van der Waals surface area contributed by atoms with Gasteiger partial charge in [0.2, 0.25) is 0 Å². The molecule has 3 aromatic carbocycles. The van der Waals surface area contributed by atoms with Crippen LogP contribution in [-0.2, 0) is 6.42 Å². The van der Waals surface area contributed by atoms with Crippen LogP contribution in [0.1, 0.15) is 41.4 Å². The zero-order chi connectivity index (χ0) is 20.4. The van der Waals surface area contributed by atoms with Crippen molar-refractivity contribution in [2.75, 3.05) is 0 Å². The first-order chi connectivity index (χ1) is 14.0. The Kier molecular flexibility index (Phi) is 5.81. The van der Waals surface area contributed by atoms with Crippen molar-refractivity contribution in [1.82, 2.24) is 5.32 Å². The van der Waals surface area contributed by atoms with E-state index in [2.05, 4.69) is 47.9 Å². The van der Waals surface area contributed by atoms with Gasteiger partial charge in [0.1, 0.15) is 11.8 Å². The number of benzene rings is 3. The van der Waals surface area contributed by atoms with Crippen molar-refractivity contribution in [1.29, 1.82) is 0 Å². The van der Waals surface area contributed by atoms with Crippen molar-refractivity contribution in [3.63, 3.8) is 0 Å². The number of hydrogen-bond donors (Lipinski definition) is 3. The molecular weight excluding hydrogens is 403 g/mol. The predicted octanol–water partition coefficient (Wildman–Crippen LogP) is 5.21. The predicted molar refractivity (Wildman–Crippen MR) is 119 cm³/mol. The largest absolute Gasteiger partial charge is 0.507 e. The van der Waals surface area contributed by atoms with Crippen LogP contribution in [0.5, 0.6) is 5.75 Å². The Balaban J connectivity index is 1.75. The number of aryl methyl sites for hydroxylation is 1. The van der Waals surface area contributed by atoms with Crippen LogP contribution in [0.2, 0.25) is 10.0 Å². The molecule has 0 bridgehead atoms. The maximum atomic E-state index is 10.5. The second-order valence-electron chi connectivity index (χ2n) is 7.23. The highest BCUT2D eigenvalue weighted by molar-refractivity contribution is 6.30. The molecule has 0 fully saturated rings. The molecule has 1 aliphatic rings. The molecule has 148 valence electrons. The number of rotatable bonds is 4. The van der Waals surface area contributed by atoms with E-state index >= 15 is 0 Å². The average molecular weight is 426 g/mol. The van der Waals surface area contributed by atoms with Gasteiger partial charge in [-0.2, -0.15) is 0 Å². The van der Waals surface area contributed by atoms with Crippen molar-refractivity contribution >= 4 is 28.9 Å². The van der Waals surface area contributed by atoms with Crippen molar-refractivity contribution < 1.29 is 10.4 Å². The molecule has 0 radical (unpaired) electrons. The van der Waals surface area contributed by atoms with Gasteiger partial charge in [-0.25, -0.2) is 0 Å². The quantitative estimate of drug-likeness (QED) is 0.537. The van der Waals surface area contributed by atoms with E-state index in [0.717, 1.165) is 28.8 Å². The fraction of sp³-hybridized carbons (Fsp3) is 0.167. The molecule has 5 heteroatoms. The van der Waals surface area contributed by atoms with Crippen molar-refractivity contribution in [2.45, 2.75) is 25.6 Å². The van der Waals surface area contributed by atoms with Gasteiger partial charge in [-0.15, -0.1) is 0 Å². The zero-order valence-electron chi connectivity index (χ0n) is 16.1. The summed E-state index contributed by atoms with van der Waals surface area (Å²) in [5.41, 5.74) is 5.34. The van der Waals surface area contributed by atoms with Gasteiger partial charge < -0.3 is 15.7 Å². The van der Waals surface area contributed by atoms with E-state index in [9.17, 15) is 5.11 Å². The molecule has 0 spiro atoms. The number of hydrogen-bond acceptors (Lipinski definition) is 2. The van der Waals surface area contributed by atoms with Crippen LogP contribution in [0.15, 0.2) is 72.8 Å². The van der Waals surface area contributed by atoms with Crippen LogP contribution in [0.3, 0.4) is 0 Å². The molecule has 0 saturated heterocycles. The second kappa shape index (κ2) is 8.50. The fourth-order valence-corrected chi connectivity index (χ4v) is 3.96. The first-order valence-corrected chi connectivity index (χ1v) is 10.5. The van der Waals surface area contributed by atoms with E-state index in [1.165, 1.54) is 5.56 Å². The lowest BCUT2D eigenvalue weighted by molar-refractivity contribution is -0.731. The number of aromatic hydroxyl groups is 1. The summed E-state index contributed by atoms with van der Waals surface area (Å²) in [5, 5.41) is 17.6. The molecule has 1 heterocycles. The summed E-state index contributed by atoms with van der Waals surface area (Å²) in [7, 11) is 0. The molecule has 0 aliphatic carbocycles. The smallest absolute Gasteiger partial charge is 0.186 e. The third kappa shape index (κ3) is 4.43. The van der Waals surface area contributed by atoms with E-state index in [4.69, 9.17) is 23.2 Å². The summed E-state index contributed by atoms with van der Waals surface area (Å²) < 4.78 is 0. The highest BCUT2D eigenvalue weighted by Gasteiger charge is 2.29. The Labute approximate surface area is 181 Å². The molecule has 2 atom stereocenters. The van der Waals surface area contributed by atoms with Crippen LogP contribution in [-0.4, -0.2) is 5.11 Å². The zero-order valence-corrected chi connectivity index (χ0v) is 17.6. The standard InChI is InChI=1S/C24H22Cl2N2O/c1-2-15-3-5-16(6-4-15)21-14-22(20-13-19(26)11-12-23(20)29)28-24(27-21)17-7-9-18(25)10-8-17/h3-14,22,24,27-29H,2H2,1H3/p+1. The molecule has 3 nitrogen and oxygen atoms in total. The average Bonchev–Trinajstić information content (AvgIpc) is 2.75. The molecule has 3 aromatic rings. The van der Waals surface area contributed by atoms with Gasteiger partial charge in [0, 0.05) is 27.4 Å². The minimum Gasteiger partial charge on any atom is -0.507 e. The van der Waals surface area contributed by atoms with Crippen molar-refractivity contribution in [3.8, 4) is 5.75 Å². The van der Waals surface area contributed by atoms with Crippen LogP contribution in [0.25, 0.3) is 5.70 Å². The van der Waals surface area contributed by atoms with Gasteiger partial charge in [0.15, 0.2) is 6.17 Å². The van der Waals surface area contributed by atoms with Gasteiger partial charge in [-0.1, -0.05) is 54.4 Å². The molecular formula is C24H23Cl2N2O+. The number of halogens is 2. The van der Waals surface area contributed by atoms with Gasteiger partial charge in [-0.3, -0.25) is 0 Å². The number of nitrogens with one attached hydrogen (secondary N) is 1. The monoisotopic (exact) mass is 425 g/mol. The Bertz CT molecular complexity index is 1030. The van der Waals surface area contributed by atoms with E-state index in [1.807, 2.05) is 30.3 Å². The normalized spacial score (nSPS) is 18.8. The maximum Gasteiger partial charge on any atom is 0.186 e. The van der Waals surface area contributed by atoms with E-state index in [1.54, 1.807) is 12.1 Å². The Hall–Kier alpha value is -2.46. The lowest BCUT2D eigenvalue weighted by Crippen LogP contribution is -2.89. The Morgan fingerprint density at radius 1 is 0.931 bits per heavy atom. The molecule has 0 aromatic heterocycles. The van der Waals surface area contributed by atoms with E-state index < -0.39 is 0 Å². The number of phenols is 1. The SMILES string of the molecule is CCc1ccc(C2=CC(c3cc(Cl)ccc3O)[NH2+]C(c3ccc(Cl)cc3)N2)cc1. The highest BCUT2D eigenvalue weighted by atomic mass is 35.5. The Morgan fingerprint density at radius 3 is 2.31 bits per heavy atom. The van der Waals surface area contributed by atoms with Gasteiger partial charge in [0.25, 0.3) is 0 Å². The van der Waals surface area contributed by atoms with Crippen LogP contribution in [0.4, 0.5) is 0 Å². The molecule has 29 heavy (non-hydrogen) atoms. The molecule has 2 unspecified atom stereocenters. The van der Waals surface area contributed by atoms with Gasteiger partial charge in [-0.05, 0) is 60.0 Å². The Morgan fingerprint density at radius 2 is 1.62 bits per heavy atom. The molecule has 1 aliphatic heterocycles. The van der Waals surface area contributed by atoms with Crippen LogP contribution >= 0.6 is 23.2 Å². The van der Waals surface area contributed by atoms with Crippen LogP contribution in [0, 0.1) is 0 Å². The summed E-state index contributed by atoms with van der Waals surface area (Å²) in [4.78, 5) is 0. The number of phenolic OH excluding ortho intramolecular Hbond substituents is 1. The number of quaternary nitrogens is 1. The first kappa shape index (κ1) is 19.8. The van der Waals surface area contributed by atoms with E-state index in [-0.39, 0.29) is 18.0 Å².